The molecule has 0 spiro atoms. The SMILES string of the molecule is CCC.CO[C@H]1CCC[C@H]1C. The molecule has 0 bridgehead atoms. The number of rotatable bonds is 1. The average molecular weight is 158 g/mol. The van der Waals surface area contributed by atoms with Gasteiger partial charge in [-0.25, -0.2) is 0 Å². The van der Waals surface area contributed by atoms with Gasteiger partial charge in [0.15, 0.2) is 0 Å². The summed E-state index contributed by atoms with van der Waals surface area (Å²) < 4.78 is 5.22. The first-order chi connectivity index (χ1) is 5.26. The van der Waals surface area contributed by atoms with Gasteiger partial charge >= 0.3 is 0 Å². The van der Waals surface area contributed by atoms with Crippen molar-refractivity contribution in [3.8, 4) is 0 Å². The highest BCUT2D eigenvalue weighted by Crippen LogP contribution is 2.26. The fourth-order valence-electron chi connectivity index (χ4n) is 1.46. The molecule has 0 N–H and O–H groups in total. The van der Waals surface area contributed by atoms with Gasteiger partial charge in [-0.05, 0) is 18.8 Å². The summed E-state index contributed by atoms with van der Waals surface area (Å²) in [5, 5.41) is 0. The monoisotopic (exact) mass is 158 g/mol. The topological polar surface area (TPSA) is 9.23 Å². The van der Waals surface area contributed by atoms with E-state index in [4.69, 9.17) is 4.74 Å². The molecule has 1 rings (SSSR count). The lowest BCUT2D eigenvalue weighted by Gasteiger charge is -2.11. The quantitative estimate of drug-likeness (QED) is 0.569. The number of hydrogen-bond acceptors (Lipinski definition) is 1. The molecule has 0 heterocycles. The third kappa shape index (κ3) is 4.41. The lowest BCUT2D eigenvalue weighted by Crippen LogP contribution is -2.12. The zero-order chi connectivity index (χ0) is 8.69. The Morgan fingerprint density at radius 2 is 1.82 bits per heavy atom. The van der Waals surface area contributed by atoms with Crippen LogP contribution in [0.15, 0.2) is 0 Å². The average Bonchev–Trinajstić information content (AvgIpc) is 2.36. The van der Waals surface area contributed by atoms with Crippen LogP contribution in [0.1, 0.15) is 46.5 Å². The minimum absolute atomic E-state index is 0.565. The second-order valence-corrected chi connectivity index (χ2v) is 3.39. The maximum atomic E-state index is 5.22. The second-order valence-electron chi connectivity index (χ2n) is 3.39. The van der Waals surface area contributed by atoms with Crippen LogP contribution >= 0.6 is 0 Å². The molecular formula is C10H22O. The van der Waals surface area contributed by atoms with Gasteiger partial charge in [0.05, 0.1) is 6.10 Å². The summed E-state index contributed by atoms with van der Waals surface area (Å²) >= 11 is 0. The van der Waals surface area contributed by atoms with Gasteiger partial charge in [-0.1, -0.05) is 33.6 Å². The van der Waals surface area contributed by atoms with E-state index in [9.17, 15) is 0 Å². The predicted molar refractivity (Wildman–Crippen MR) is 49.8 cm³/mol. The van der Waals surface area contributed by atoms with Crippen LogP contribution in [0, 0.1) is 5.92 Å². The minimum atomic E-state index is 0.565. The minimum Gasteiger partial charge on any atom is -0.381 e. The van der Waals surface area contributed by atoms with Crippen LogP contribution in [0.4, 0.5) is 0 Å². The van der Waals surface area contributed by atoms with Crippen LogP contribution in [0.2, 0.25) is 0 Å². The van der Waals surface area contributed by atoms with Crippen LogP contribution in [0.5, 0.6) is 0 Å². The predicted octanol–water partition coefficient (Wildman–Crippen LogP) is 3.24. The van der Waals surface area contributed by atoms with Crippen LogP contribution < -0.4 is 0 Å². The Kier molecular flexibility index (Phi) is 6.63. The molecule has 1 nitrogen and oxygen atoms in total. The van der Waals surface area contributed by atoms with E-state index < -0.39 is 0 Å². The van der Waals surface area contributed by atoms with E-state index in [1.807, 2.05) is 7.11 Å². The zero-order valence-corrected chi connectivity index (χ0v) is 8.39. The van der Waals surface area contributed by atoms with Crippen molar-refractivity contribution in [2.24, 2.45) is 5.92 Å². The van der Waals surface area contributed by atoms with Crippen molar-refractivity contribution < 1.29 is 4.74 Å². The first-order valence-electron chi connectivity index (χ1n) is 4.79. The number of methoxy groups -OCH3 is 1. The molecule has 0 amide bonds. The fraction of sp³-hybridized carbons (Fsp3) is 1.00. The molecule has 0 unspecified atom stereocenters. The Labute approximate surface area is 71.1 Å². The molecule has 0 aliphatic heterocycles. The highest BCUT2D eigenvalue weighted by atomic mass is 16.5. The molecule has 0 saturated heterocycles. The van der Waals surface area contributed by atoms with Crippen molar-refractivity contribution in [1.82, 2.24) is 0 Å². The zero-order valence-electron chi connectivity index (χ0n) is 8.39. The van der Waals surface area contributed by atoms with E-state index in [0.717, 1.165) is 5.92 Å². The van der Waals surface area contributed by atoms with Crippen LogP contribution in [0.25, 0.3) is 0 Å². The molecule has 68 valence electrons. The van der Waals surface area contributed by atoms with Crippen molar-refractivity contribution in [2.45, 2.75) is 52.6 Å². The summed E-state index contributed by atoms with van der Waals surface area (Å²) in [5.74, 6) is 0.806. The second kappa shape index (κ2) is 6.66. The van der Waals surface area contributed by atoms with Gasteiger partial charge in [0.25, 0.3) is 0 Å². The summed E-state index contributed by atoms with van der Waals surface area (Å²) in [5.41, 5.74) is 0. The molecule has 1 aliphatic carbocycles. The Balaban J connectivity index is 0.000000292. The highest BCUT2D eigenvalue weighted by molar-refractivity contribution is 4.73. The standard InChI is InChI=1S/C7H14O.C3H8/c1-6-4-3-5-7(6)8-2;1-3-2/h6-7H,3-5H2,1-2H3;3H2,1-2H3/t6-,7+;/m1./s1. The van der Waals surface area contributed by atoms with Gasteiger partial charge in [0, 0.05) is 7.11 Å². The van der Waals surface area contributed by atoms with E-state index in [1.165, 1.54) is 25.7 Å². The summed E-state index contributed by atoms with van der Waals surface area (Å²) in [4.78, 5) is 0. The third-order valence-electron chi connectivity index (χ3n) is 2.09. The van der Waals surface area contributed by atoms with Gasteiger partial charge in [-0.2, -0.15) is 0 Å². The van der Waals surface area contributed by atoms with Gasteiger partial charge in [-0.3, -0.25) is 0 Å². The van der Waals surface area contributed by atoms with Gasteiger partial charge in [-0.15, -0.1) is 0 Å². The molecule has 0 aromatic carbocycles. The maximum absolute atomic E-state index is 5.22. The number of ether oxygens (including phenoxy) is 1. The van der Waals surface area contributed by atoms with Crippen LogP contribution in [-0.2, 0) is 4.74 Å². The van der Waals surface area contributed by atoms with Gasteiger partial charge < -0.3 is 4.74 Å². The van der Waals surface area contributed by atoms with Crippen molar-refractivity contribution in [1.29, 1.82) is 0 Å². The molecule has 1 fully saturated rings. The summed E-state index contributed by atoms with van der Waals surface area (Å²) in [6, 6.07) is 0. The molecule has 0 aromatic rings. The Morgan fingerprint density at radius 1 is 1.27 bits per heavy atom. The van der Waals surface area contributed by atoms with E-state index in [2.05, 4.69) is 20.8 Å². The lowest BCUT2D eigenvalue weighted by atomic mass is 10.1. The van der Waals surface area contributed by atoms with E-state index in [-0.39, 0.29) is 0 Å². The first-order valence-corrected chi connectivity index (χ1v) is 4.79. The Morgan fingerprint density at radius 3 is 2.00 bits per heavy atom. The molecular weight excluding hydrogens is 136 g/mol. The van der Waals surface area contributed by atoms with Crippen molar-refractivity contribution >= 4 is 0 Å². The van der Waals surface area contributed by atoms with Crippen molar-refractivity contribution in [3.05, 3.63) is 0 Å². The molecule has 1 saturated carbocycles. The smallest absolute Gasteiger partial charge is 0.0596 e. The van der Waals surface area contributed by atoms with Gasteiger partial charge in [0.1, 0.15) is 0 Å². The van der Waals surface area contributed by atoms with Crippen LogP contribution in [-0.4, -0.2) is 13.2 Å². The summed E-state index contributed by atoms with van der Waals surface area (Å²) in [6.07, 6.45) is 5.81. The van der Waals surface area contributed by atoms with E-state index >= 15 is 0 Å². The first kappa shape index (κ1) is 11.0. The lowest BCUT2D eigenvalue weighted by molar-refractivity contribution is 0.0775. The summed E-state index contributed by atoms with van der Waals surface area (Å²) in [6.45, 7) is 6.52. The van der Waals surface area contributed by atoms with Gasteiger partial charge in [0.2, 0.25) is 0 Å². The normalized spacial score (nSPS) is 29.5. The Bertz CT molecular complexity index is 80.9. The van der Waals surface area contributed by atoms with E-state index in [0.29, 0.717) is 6.10 Å². The maximum Gasteiger partial charge on any atom is 0.0596 e. The molecule has 0 radical (unpaired) electrons. The molecule has 1 aliphatic rings. The van der Waals surface area contributed by atoms with E-state index in [1.54, 1.807) is 0 Å². The van der Waals surface area contributed by atoms with Crippen molar-refractivity contribution in [2.75, 3.05) is 7.11 Å². The number of hydrogen-bond donors (Lipinski definition) is 0. The largest absolute Gasteiger partial charge is 0.381 e. The molecule has 2 atom stereocenters. The highest BCUT2D eigenvalue weighted by Gasteiger charge is 2.21. The Hall–Kier alpha value is -0.0400. The third-order valence-corrected chi connectivity index (χ3v) is 2.09. The molecule has 11 heavy (non-hydrogen) atoms. The van der Waals surface area contributed by atoms with Crippen LogP contribution in [0.3, 0.4) is 0 Å². The molecule has 1 heteroatoms. The fourth-order valence-corrected chi connectivity index (χ4v) is 1.46. The summed E-state index contributed by atoms with van der Waals surface area (Å²) in [7, 11) is 1.81. The van der Waals surface area contributed by atoms with Crippen molar-refractivity contribution in [3.63, 3.8) is 0 Å². The molecule has 0 aromatic heterocycles.